The van der Waals surface area contributed by atoms with Crippen molar-refractivity contribution in [1.82, 2.24) is 0 Å². The molecule has 0 aliphatic heterocycles. The van der Waals surface area contributed by atoms with E-state index in [1.807, 2.05) is 103 Å². The Bertz CT molecular complexity index is 2740. The zero-order chi connectivity index (χ0) is 57.9. The van der Waals surface area contributed by atoms with E-state index in [-0.39, 0.29) is 5.41 Å². The van der Waals surface area contributed by atoms with Gasteiger partial charge in [-0.1, -0.05) is 246 Å². The first-order valence-corrected chi connectivity index (χ1v) is 33.0. The zero-order valence-electron chi connectivity index (χ0n) is 48.3. The summed E-state index contributed by atoms with van der Waals surface area (Å²) in [5, 5.41) is 0. The van der Waals surface area contributed by atoms with Crippen LogP contribution in [0.5, 0.6) is 40.2 Å². The highest BCUT2D eigenvalue weighted by molar-refractivity contribution is 7.50. The van der Waals surface area contributed by atoms with Gasteiger partial charge in [0.05, 0.1) is 13.2 Å². The molecule has 0 bridgehead atoms. The number of phosphoric acid groups is 3. The van der Waals surface area contributed by atoms with Crippen LogP contribution < -0.4 is 31.7 Å². The van der Waals surface area contributed by atoms with Gasteiger partial charge in [-0.15, -0.1) is 0 Å². The van der Waals surface area contributed by atoms with Crippen LogP contribution in [0.4, 0.5) is 0 Å². The van der Waals surface area contributed by atoms with Crippen molar-refractivity contribution in [2.45, 2.75) is 137 Å². The molecule has 0 N–H and O–H groups in total. The maximum Gasteiger partial charge on any atom is 0.647 e. The minimum Gasteiger partial charge on any atom is -0.395 e. The summed E-state index contributed by atoms with van der Waals surface area (Å²) in [5.74, 6) is 3.48. The van der Waals surface area contributed by atoms with Gasteiger partial charge in [-0.3, -0.25) is 9.05 Å². The SMILES string of the molecule is CC(C)(C)c1ccccc1OP(=O)(Oc1ccccc1)Oc1ccccc1.CCCCC(CC)COP(=O)(Oc1ccccc1)Oc1ccccc1.CCCCCCCCCCCCOP(=O)(Oc1ccccc1)Oc1ccccc1. The van der Waals surface area contributed by atoms with Crippen LogP contribution in [0.3, 0.4) is 0 Å². The summed E-state index contributed by atoms with van der Waals surface area (Å²) in [6.45, 7) is 13.4. The fourth-order valence-corrected chi connectivity index (χ4v) is 11.8. The average molecular weight is 1160 g/mol. The molecule has 0 aliphatic rings. The van der Waals surface area contributed by atoms with Crippen molar-refractivity contribution in [2.75, 3.05) is 13.2 Å². The van der Waals surface area contributed by atoms with Gasteiger partial charge in [0.2, 0.25) is 0 Å². The second kappa shape index (κ2) is 36.3. The Kier molecular flexibility index (Phi) is 29.3. The Morgan fingerprint density at radius 1 is 0.346 bits per heavy atom. The fraction of sp³-hybridized carbons (Fsp3) is 0.364. The third-order valence-corrected chi connectivity index (χ3v) is 16.4. The van der Waals surface area contributed by atoms with Crippen LogP contribution in [-0.4, -0.2) is 13.2 Å². The van der Waals surface area contributed by atoms with E-state index in [0.717, 1.165) is 44.1 Å². The van der Waals surface area contributed by atoms with Crippen LogP contribution in [0.2, 0.25) is 0 Å². The molecule has 81 heavy (non-hydrogen) atoms. The topological polar surface area (TPSA) is 134 Å². The molecule has 0 radical (unpaired) electrons. The number of hydrogen-bond acceptors (Lipinski definition) is 12. The molecular formula is C66H85O12P3. The van der Waals surface area contributed by atoms with Crippen LogP contribution in [-0.2, 0) is 28.2 Å². The van der Waals surface area contributed by atoms with Crippen molar-refractivity contribution < 1.29 is 54.4 Å². The van der Waals surface area contributed by atoms with E-state index in [1.165, 1.54) is 51.4 Å². The quantitative estimate of drug-likeness (QED) is 0.0286. The van der Waals surface area contributed by atoms with Crippen molar-refractivity contribution in [3.8, 4) is 40.2 Å². The van der Waals surface area contributed by atoms with Crippen molar-refractivity contribution in [2.24, 2.45) is 5.92 Å². The van der Waals surface area contributed by atoms with E-state index >= 15 is 0 Å². The largest absolute Gasteiger partial charge is 0.647 e. The monoisotopic (exact) mass is 1160 g/mol. The highest BCUT2D eigenvalue weighted by Crippen LogP contribution is 2.53. The summed E-state index contributed by atoms with van der Waals surface area (Å²) in [6, 6.07) is 61.2. The van der Waals surface area contributed by atoms with Gasteiger partial charge in [0.1, 0.15) is 40.2 Å². The second-order valence-electron chi connectivity index (χ2n) is 20.3. The van der Waals surface area contributed by atoms with Gasteiger partial charge in [0.15, 0.2) is 0 Å². The molecule has 1 unspecified atom stereocenters. The van der Waals surface area contributed by atoms with Crippen molar-refractivity contribution in [3.63, 3.8) is 0 Å². The molecule has 0 amide bonds. The molecule has 0 saturated heterocycles. The second-order valence-corrected chi connectivity index (χ2v) is 24.8. The summed E-state index contributed by atoms with van der Waals surface area (Å²) in [4.78, 5) is 0. The standard InChI is InChI=1S/C24H35O4P.C22H23O4P.C20H27O4P/c1-2-3-4-5-6-7-8-9-10-17-22-26-29(25,27-23-18-13-11-14-19-23)28-24-20-15-12-16-21-24;1-22(2,3)20-16-10-11-17-21(20)26-27(23,24-18-12-6-4-7-13-18)25-19-14-8-5-9-15-19;1-3-5-12-18(4-2)17-22-25(21,23-19-13-8-6-9-14-19)24-20-15-10-7-11-16-20/h11-16,18-21H,2-10,17,22H2,1H3;4-17H,1-3H3;6-11,13-16,18H,3-5,12,17H2,1-2H3. The predicted octanol–water partition coefficient (Wildman–Crippen LogP) is 21.3. The summed E-state index contributed by atoms with van der Waals surface area (Å²) in [6.07, 6.45) is 16.6. The van der Waals surface area contributed by atoms with Gasteiger partial charge < -0.3 is 31.7 Å². The lowest BCUT2D eigenvalue weighted by atomic mass is 9.86. The van der Waals surface area contributed by atoms with Crippen LogP contribution >= 0.6 is 23.5 Å². The Morgan fingerprint density at radius 3 is 1.00 bits per heavy atom. The minimum atomic E-state index is -3.98. The highest BCUT2D eigenvalue weighted by atomic mass is 31.2. The number of phosphoric ester groups is 3. The summed E-state index contributed by atoms with van der Waals surface area (Å²) >= 11 is 0. The third kappa shape index (κ3) is 26.5. The van der Waals surface area contributed by atoms with Gasteiger partial charge in [-0.2, -0.15) is 4.57 Å². The molecule has 0 fully saturated rings. The van der Waals surface area contributed by atoms with Crippen LogP contribution in [0, 0.1) is 5.92 Å². The summed E-state index contributed by atoms with van der Waals surface area (Å²) < 4.78 is 90.9. The molecule has 436 valence electrons. The maximum atomic E-state index is 13.5. The van der Waals surface area contributed by atoms with E-state index in [9.17, 15) is 13.7 Å². The van der Waals surface area contributed by atoms with Crippen molar-refractivity contribution in [3.05, 3.63) is 212 Å². The Labute approximate surface area is 483 Å². The van der Waals surface area contributed by atoms with Gasteiger partial charge >= 0.3 is 23.5 Å². The highest BCUT2D eigenvalue weighted by Gasteiger charge is 2.36. The van der Waals surface area contributed by atoms with E-state index in [0.29, 0.717) is 59.4 Å². The predicted molar refractivity (Wildman–Crippen MR) is 328 cm³/mol. The Balaban J connectivity index is 0.000000224. The molecule has 0 aromatic heterocycles. The first-order chi connectivity index (χ1) is 39.2. The molecule has 0 aliphatic carbocycles. The Hall–Kier alpha value is -6.25. The molecule has 12 nitrogen and oxygen atoms in total. The molecule has 15 heteroatoms. The molecule has 7 aromatic carbocycles. The third-order valence-electron chi connectivity index (χ3n) is 12.4. The van der Waals surface area contributed by atoms with E-state index in [2.05, 4.69) is 41.5 Å². The van der Waals surface area contributed by atoms with E-state index in [4.69, 9.17) is 40.7 Å². The number of hydrogen-bond donors (Lipinski definition) is 0. The van der Waals surface area contributed by atoms with Crippen LogP contribution in [0.1, 0.15) is 137 Å². The first kappa shape index (κ1) is 65.6. The minimum absolute atomic E-state index is 0.194. The molecule has 7 rings (SSSR count). The molecule has 0 spiro atoms. The van der Waals surface area contributed by atoms with Gasteiger partial charge in [0.25, 0.3) is 0 Å². The van der Waals surface area contributed by atoms with Gasteiger partial charge in [0, 0.05) is 5.56 Å². The average Bonchev–Trinajstić information content (AvgIpc) is 3.49. The van der Waals surface area contributed by atoms with E-state index in [1.54, 1.807) is 103 Å². The Morgan fingerprint density at radius 2 is 0.654 bits per heavy atom. The lowest BCUT2D eigenvalue weighted by molar-refractivity contribution is 0.170. The van der Waals surface area contributed by atoms with Gasteiger partial charge in [-0.05, 0) is 103 Å². The van der Waals surface area contributed by atoms with Crippen LogP contribution in [0.15, 0.2) is 206 Å². The van der Waals surface area contributed by atoms with Crippen molar-refractivity contribution >= 4 is 23.5 Å². The lowest BCUT2D eigenvalue weighted by Crippen LogP contribution is -2.15. The number of unbranched alkanes of at least 4 members (excludes halogenated alkanes) is 10. The number of para-hydroxylation sites is 7. The first-order valence-electron chi connectivity index (χ1n) is 28.6. The molecule has 0 saturated carbocycles. The number of benzene rings is 7. The molecule has 7 aromatic rings. The van der Waals surface area contributed by atoms with E-state index < -0.39 is 23.5 Å². The smallest absolute Gasteiger partial charge is 0.395 e. The van der Waals surface area contributed by atoms with Crippen LogP contribution in [0.25, 0.3) is 0 Å². The molecule has 0 heterocycles. The zero-order valence-corrected chi connectivity index (χ0v) is 50.9. The fourth-order valence-electron chi connectivity index (χ4n) is 8.01. The summed E-state index contributed by atoms with van der Waals surface area (Å²) in [5.41, 5.74) is 0.722. The molecular weight excluding hydrogens is 1080 g/mol. The van der Waals surface area contributed by atoms with Crippen molar-refractivity contribution in [1.29, 1.82) is 0 Å². The molecule has 1 atom stereocenters. The number of rotatable bonds is 33. The lowest BCUT2D eigenvalue weighted by Gasteiger charge is -2.25. The summed E-state index contributed by atoms with van der Waals surface area (Å²) in [7, 11) is -11.5. The maximum absolute atomic E-state index is 13.5. The van der Waals surface area contributed by atoms with Gasteiger partial charge in [-0.25, -0.2) is 9.13 Å². The normalized spacial score (nSPS) is 11.8.